The van der Waals surface area contributed by atoms with Crippen LogP contribution in [-0.4, -0.2) is 42.3 Å². The van der Waals surface area contributed by atoms with Gasteiger partial charge in [-0.3, -0.25) is 0 Å². The van der Waals surface area contributed by atoms with E-state index in [0.29, 0.717) is 11.8 Å². The Hall–Kier alpha value is -0.770. The highest BCUT2D eigenvalue weighted by molar-refractivity contribution is 5.68. The molecule has 2 rings (SSSR count). The Morgan fingerprint density at radius 2 is 2.06 bits per heavy atom. The SMILES string of the molecule is C[C@@H]1[C@@H]2CNC[C@H](C2)CN1C(=O)OC(C)(C)C. The molecule has 0 aromatic rings. The maximum Gasteiger partial charge on any atom is 0.410 e. The van der Waals surface area contributed by atoms with Crippen LogP contribution in [0.2, 0.25) is 0 Å². The van der Waals surface area contributed by atoms with Crippen LogP contribution in [0.3, 0.4) is 0 Å². The summed E-state index contributed by atoms with van der Waals surface area (Å²) in [6.07, 6.45) is 1.09. The fourth-order valence-corrected chi connectivity index (χ4v) is 2.83. The third kappa shape index (κ3) is 2.92. The molecule has 0 unspecified atom stereocenters. The molecule has 98 valence electrons. The van der Waals surface area contributed by atoms with Crippen molar-refractivity contribution in [2.75, 3.05) is 19.6 Å². The molecule has 0 saturated carbocycles. The van der Waals surface area contributed by atoms with E-state index in [4.69, 9.17) is 4.74 Å². The number of amides is 1. The molecule has 0 aliphatic carbocycles. The largest absolute Gasteiger partial charge is 0.444 e. The molecule has 0 spiro atoms. The van der Waals surface area contributed by atoms with Crippen LogP contribution in [-0.2, 0) is 4.74 Å². The van der Waals surface area contributed by atoms with Gasteiger partial charge in [-0.1, -0.05) is 0 Å². The number of ether oxygens (including phenoxy) is 1. The zero-order chi connectivity index (χ0) is 12.6. The first-order valence-corrected chi connectivity index (χ1v) is 6.57. The first-order chi connectivity index (χ1) is 7.87. The second-order valence-corrected chi connectivity index (χ2v) is 6.39. The number of nitrogens with zero attached hydrogens (tertiary/aromatic N) is 1. The molecule has 4 nitrogen and oxygen atoms in total. The topological polar surface area (TPSA) is 41.6 Å². The predicted molar refractivity (Wildman–Crippen MR) is 66.9 cm³/mol. The minimum atomic E-state index is -0.401. The lowest BCUT2D eigenvalue weighted by Gasteiger charge is -2.46. The molecule has 1 N–H and O–H groups in total. The molecule has 2 bridgehead atoms. The van der Waals surface area contributed by atoms with E-state index in [1.165, 1.54) is 6.42 Å². The van der Waals surface area contributed by atoms with Gasteiger partial charge in [0.05, 0.1) is 0 Å². The van der Waals surface area contributed by atoms with E-state index >= 15 is 0 Å². The highest BCUT2D eigenvalue weighted by Crippen LogP contribution is 2.30. The van der Waals surface area contributed by atoms with Crippen molar-refractivity contribution < 1.29 is 9.53 Å². The Kier molecular flexibility index (Phi) is 3.34. The zero-order valence-corrected chi connectivity index (χ0v) is 11.3. The predicted octanol–water partition coefficient (Wildman–Crippen LogP) is 1.85. The van der Waals surface area contributed by atoms with E-state index in [0.717, 1.165) is 19.6 Å². The second kappa shape index (κ2) is 4.48. The average Bonchev–Trinajstić information content (AvgIpc) is 2.21. The standard InChI is InChI=1S/C13H24N2O2/c1-9-11-5-10(6-14-7-11)8-15(9)12(16)17-13(2,3)4/h9-11,14H,5-8H2,1-4H3/t9-,10+,11+/m1/s1. The summed E-state index contributed by atoms with van der Waals surface area (Å²) in [5.74, 6) is 1.17. The average molecular weight is 240 g/mol. The molecule has 1 amide bonds. The molecule has 0 aromatic heterocycles. The van der Waals surface area contributed by atoms with Gasteiger partial charge in [-0.05, 0) is 59.0 Å². The Morgan fingerprint density at radius 1 is 1.35 bits per heavy atom. The van der Waals surface area contributed by atoms with Gasteiger partial charge in [0.2, 0.25) is 0 Å². The van der Waals surface area contributed by atoms with Crippen LogP contribution in [0.1, 0.15) is 34.1 Å². The van der Waals surface area contributed by atoms with Gasteiger partial charge in [-0.15, -0.1) is 0 Å². The van der Waals surface area contributed by atoms with Gasteiger partial charge in [0, 0.05) is 12.6 Å². The number of fused-ring (bicyclic) bond motifs is 2. The smallest absolute Gasteiger partial charge is 0.410 e. The molecule has 0 aromatic carbocycles. The third-order valence-electron chi connectivity index (χ3n) is 3.73. The highest BCUT2D eigenvalue weighted by atomic mass is 16.6. The minimum Gasteiger partial charge on any atom is -0.444 e. The van der Waals surface area contributed by atoms with Crippen LogP contribution >= 0.6 is 0 Å². The number of nitrogens with one attached hydrogen (secondary N) is 1. The van der Waals surface area contributed by atoms with E-state index < -0.39 is 5.60 Å². The van der Waals surface area contributed by atoms with Crippen molar-refractivity contribution >= 4 is 6.09 Å². The zero-order valence-electron chi connectivity index (χ0n) is 11.3. The number of hydrogen-bond acceptors (Lipinski definition) is 3. The van der Waals surface area contributed by atoms with E-state index in [-0.39, 0.29) is 12.1 Å². The van der Waals surface area contributed by atoms with Gasteiger partial charge in [0.1, 0.15) is 5.60 Å². The van der Waals surface area contributed by atoms with Crippen molar-refractivity contribution in [3.63, 3.8) is 0 Å². The van der Waals surface area contributed by atoms with Crippen LogP contribution in [0.4, 0.5) is 4.79 Å². The van der Waals surface area contributed by atoms with Gasteiger partial charge >= 0.3 is 6.09 Å². The number of rotatable bonds is 0. The van der Waals surface area contributed by atoms with Gasteiger partial charge in [0.15, 0.2) is 0 Å². The molecule has 2 heterocycles. The Morgan fingerprint density at radius 3 is 2.71 bits per heavy atom. The van der Waals surface area contributed by atoms with Crippen molar-refractivity contribution in [1.82, 2.24) is 10.2 Å². The normalized spacial score (nSPS) is 33.4. The molecule has 4 heteroatoms. The van der Waals surface area contributed by atoms with Crippen LogP contribution in [0, 0.1) is 11.8 Å². The fraction of sp³-hybridized carbons (Fsp3) is 0.923. The monoisotopic (exact) mass is 240 g/mol. The molecule has 2 fully saturated rings. The van der Waals surface area contributed by atoms with Crippen LogP contribution < -0.4 is 5.32 Å². The van der Waals surface area contributed by atoms with Crippen molar-refractivity contribution in [2.45, 2.75) is 45.8 Å². The summed E-state index contributed by atoms with van der Waals surface area (Å²) in [6, 6.07) is 0.286. The molecule has 0 radical (unpaired) electrons. The first kappa shape index (κ1) is 12.7. The number of carbonyl (C=O) groups is 1. The number of hydrogen-bond donors (Lipinski definition) is 1. The van der Waals surface area contributed by atoms with Crippen LogP contribution in [0.25, 0.3) is 0 Å². The Bertz CT molecular complexity index is 298. The van der Waals surface area contributed by atoms with Gasteiger partial charge in [0.25, 0.3) is 0 Å². The molecule has 2 aliphatic rings. The number of piperidine rings is 2. The van der Waals surface area contributed by atoms with Crippen molar-refractivity contribution in [3.8, 4) is 0 Å². The maximum absolute atomic E-state index is 12.1. The second-order valence-electron chi connectivity index (χ2n) is 6.39. The lowest BCUT2D eigenvalue weighted by atomic mass is 9.81. The van der Waals surface area contributed by atoms with Crippen molar-refractivity contribution in [2.24, 2.45) is 11.8 Å². The number of carbonyl (C=O) groups excluding carboxylic acids is 1. The molecule has 3 atom stereocenters. The Labute approximate surface area is 104 Å². The van der Waals surface area contributed by atoms with E-state index in [1.54, 1.807) is 0 Å². The van der Waals surface area contributed by atoms with Crippen LogP contribution in [0.15, 0.2) is 0 Å². The summed E-state index contributed by atoms with van der Waals surface area (Å²) in [4.78, 5) is 14.1. The minimum absolute atomic E-state index is 0.151. The Balaban J connectivity index is 2.02. The summed E-state index contributed by atoms with van der Waals surface area (Å²) in [6.45, 7) is 10.8. The van der Waals surface area contributed by atoms with Crippen molar-refractivity contribution in [3.05, 3.63) is 0 Å². The first-order valence-electron chi connectivity index (χ1n) is 6.57. The number of likely N-dealkylation sites (tertiary alicyclic amines) is 1. The van der Waals surface area contributed by atoms with E-state index in [2.05, 4.69) is 12.2 Å². The maximum atomic E-state index is 12.1. The van der Waals surface area contributed by atoms with Crippen LogP contribution in [0.5, 0.6) is 0 Å². The molecular formula is C13H24N2O2. The summed E-state index contributed by atoms with van der Waals surface area (Å²) in [5.41, 5.74) is -0.401. The highest BCUT2D eigenvalue weighted by Gasteiger charge is 2.39. The lowest BCUT2D eigenvalue weighted by molar-refractivity contribution is -0.0123. The summed E-state index contributed by atoms with van der Waals surface area (Å²) < 4.78 is 5.48. The fourth-order valence-electron chi connectivity index (χ4n) is 2.83. The third-order valence-corrected chi connectivity index (χ3v) is 3.73. The summed E-state index contributed by atoms with van der Waals surface area (Å²) >= 11 is 0. The van der Waals surface area contributed by atoms with Gasteiger partial charge < -0.3 is 15.0 Å². The van der Waals surface area contributed by atoms with Crippen molar-refractivity contribution in [1.29, 1.82) is 0 Å². The lowest BCUT2D eigenvalue weighted by Crippen LogP contribution is -2.58. The molecule has 2 aliphatic heterocycles. The quantitative estimate of drug-likeness (QED) is 0.702. The molecule has 2 saturated heterocycles. The molecule has 17 heavy (non-hydrogen) atoms. The molecular weight excluding hydrogens is 216 g/mol. The van der Waals surface area contributed by atoms with Gasteiger partial charge in [-0.2, -0.15) is 0 Å². The van der Waals surface area contributed by atoms with E-state index in [9.17, 15) is 4.79 Å². The van der Waals surface area contributed by atoms with Gasteiger partial charge in [-0.25, -0.2) is 4.79 Å². The summed E-state index contributed by atoms with van der Waals surface area (Å²) in [5, 5.41) is 3.45. The summed E-state index contributed by atoms with van der Waals surface area (Å²) in [7, 11) is 0. The van der Waals surface area contributed by atoms with E-state index in [1.807, 2.05) is 25.7 Å².